The Hall–Kier alpha value is -2.89. The highest BCUT2D eigenvalue weighted by molar-refractivity contribution is 5.85. The number of aromatic nitrogens is 2. The van der Waals surface area contributed by atoms with Crippen molar-refractivity contribution >= 4 is 12.4 Å². The maximum absolute atomic E-state index is 13.9. The Bertz CT molecular complexity index is 971. The number of aromatic amines is 2. The zero-order valence-electron chi connectivity index (χ0n) is 15.0. The third-order valence-electron chi connectivity index (χ3n) is 4.47. The summed E-state index contributed by atoms with van der Waals surface area (Å²) in [5, 5.41) is 3.35. The highest BCUT2D eigenvalue weighted by atomic mass is 35.5. The van der Waals surface area contributed by atoms with Crippen LogP contribution in [-0.2, 0) is 13.1 Å². The van der Waals surface area contributed by atoms with E-state index < -0.39 is 0 Å². The number of H-pyrrole nitrogens is 2. The molecule has 0 radical (unpaired) electrons. The number of halogens is 3. The minimum absolute atomic E-state index is 0. The van der Waals surface area contributed by atoms with Gasteiger partial charge in [0.1, 0.15) is 11.6 Å². The van der Waals surface area contributed by atoms with Crippen molar-refractivity contribution in [3.05, 3.63) is 95.8 Å². The molecule has 0 aliphatic carbocycles. The molecule has 0 aliphatic rings. The molecule has 2 heterocycles. The maximum Gasteiger partial charge on any atom is 0.132 e. The SMILES string of the molecule is Cl.Fc1ccccc1-c1cc(CNCc2c[nH]c(-c3ccccc3F)c2)c[nH]1. The van der Waals surface area contributed by atoms with Gasteiger partial charge >= 0.3 is 0 Å². The number of hydrogen-bond donors (Lipinski definition) is 3. The van der Waals surface area contributed by atoms with E-state index in [9.17, 15) is 8.78 Å². The molecule has 0 saturated heterocycles. The third kappa shape index (κ3) is 4.32. The first-order valence-corrected chi connectivity index (χ1v) is 8.76. The van der Waals surface area contributed by atoms with Crippen LogP contribution in [0.5, 0.6) is 0 Å². The molecule has 4 aromatic rings. The van der Waals surface area contributed by atoms with Crippen LogP contribution in [0.4, 0.5) is 8.78 Å². The largest absolute Gasteiger partial charge is 0.361 e. The summed E-state index contributed by atoms with van der Waals surface area (Å²) >= 11 is 0. The molecule has 4 rings (SSSR count). The van der Waals surface area contributed by atoms with Crippen molar-refractivity contribution in [2.75, 3.05) is 0 Å². The molecule has 0 spiro atoms. The number of hydrogen-bond acceptors (Lipinski definition) is 1. The van der Waals surface area contributed by atoms with Crippen LogP contribution in [0, 0.1) is 11.6 Å². The Morgan fingerprint density at radius 2 is 1.11 bits per heavy atom. The van der Waals surface area contributed by atoms with Gasteiger partial charge in [-0.3, -0.25) is 0 Å². The van der Waals surface area contributed by atoms with Crippen molar-refractivity contribution in [1.29, 1.82) is 0 Å². The summed E-state index contributed by atoms with van der Waals surface area (Å²) < 4.78 is 27.7. The molecule has 0 amide bonds. The predicted octanol–water partition coefficient (Wildman–Crippen LogP) is 5.67. The second kappa shape index (κ2) is 8.87. The molecule has 144 valence electrons. The van der Waals surface area contributed by atoms with Gasteiger partial charge in [0.25, 0.3) is 0 Å². The fourth-order valence-electron chi connectivity index (χ4n) is 3.10. The lowest BCUT2D eigenvalue weighted by Gasteiger charge is -2.01. The molecular formula is C22H20ClF2N3. The lowest BCUT2D eigenvalue weighted by atomic mass is 10.1. The van der Waals surface area contributed by atoms with Crippen LogP contribution in [0.2, 0.25) is 0 Å². The van der Waals surface area contributed by atoms with Crippen LogP contribution in [0.3, 0.4) is 0 Å². The highest BCUT2D eigenvalue weighted by Gasteiger charge is 2.08. The lowest BCUT2D eigenvalue weighted by molar-refractivity contribution is 0.630. The smallest absolute Gasteiger partial charge is 0.132 e. The van der Waals surface area contributed by atoms with E-state index in [1.54, 1.807) is 24.3 Å². The van der Waals surface area contributed by atoms with Crippen molar-refractivity contribution in [2.45, 2.75) is 13.1 Å². The minimum Gasteiger partial charge on any atom is -0.361 e. The van der Waals surface area contributed by atoms with Crippen LogP contribution < -0.4 is 5.32 Å². The molecule has 2 aromatic heterocycles. The summed E-state index contributed by atoms with van der Waals surface area (Å²) in [5.41, 5.74) is 4.71. The van der Waals surface area contributed by atoms with Gasteiger partial charge in [-0.05, 0) is 47.5 Å². The molecular weight excluding hydrogens is 380 g/mol. The molecule has 0 atom stereocenters. The van der Waals surface area contributed by atoms with E-state index in [0.717, 1.165) is 22.5 Å². The van der Waals surface area contributed by atoms with Crippen molar-refractivity contribution in [3.63, 3.8) is 0 Å². The topological polar surface area (TPSA) is 43.6 Å². The van der Waals surface area contributed by atoms with Gasteiger partial charge in [0.05, 0.1) is 0 Å². The quantitative estimate of drug-likeness (QED) is 0.384. The first kappa shape index (κ1) is 19.9. The number of benzene rings is 2. The fraction of sp³-hybridized carbons (Fsp3) is 0.0909. The van der Waals surface area contributed by atoms with Crippen molar-refractivity contribution in [1.82, 2.24) is 15.3 Å². The second-order valence-corrected chi connectivity index (χ2v) is 6.41. The number of nitrogens with one attached hydrogen (secondary N) is 3. The van der Waals surface area contributed by atoms with Gasteiger partial charge in [-0.15, -0.1) is 12.4 Å². The molecule has 2 aromatic carbocycles. The van der Waals surface area contributed by atoms with Crippen LogP contribution in [-0.4, -0.2) is 9.97 Å². The van der Waals surface area contributed by atoms with Crippen molar-refractivity contribution < 1.29 is 8.78 Å². The zero-order valence-corrected chi connectivity index (χ0v) is 15.8. The number of rotatable bonds is 6. The Kier molecular flexibility index (Phi) is 6.29. The monoisotopic (exact) mass is 399 g/mol. The van der Waals surface area contributed by atoms with Crippen LogP contribution in [0.25, 0.3) is 22.5 Å². The molecule has 6 heteroatoms. The van der Waals surface area contributed by atoms with Crippen LogP contribution in [0.1, 0.15) is 11.1 Å². The van der Waals surface area contributed by atoms with E-state index >= 15 is 0 Å². The Morgan fingerprint density at radius 3 is 1.54 bits per heavy atom. The normalized spacial score (nSPS) is 10.6. The molecule has 0 bridgehead atoms. The molecule has 28 heavy (non-hydrogen) atoms. The second-order valence-electron chi connectivity index (χ2n) is 6.41. The van der Waals surface area contributed by atoms with Crippen molar-refractivity contribution in [2.24, 2.45) is 0 Å². The highest BCUT2D eigenvalue weighted by Crippen LogP contribution is 2.23. The van der Waals surface area contributed by atoms with Crippen molar-refractivity contribution in [3.8, 4) is 22.5 Å². The molecule has 0 fully saturated rings. The van der Waals surface area contributed by atoms with Gasteiger partial charge in [0, 0.05) is 48.0 Å². The van der Waals surface area contributed by atoms with E-state index in [-0.39, 0.29) is 24.0 Å². The minimum atomic E-state index is -0.244. The predicted molar refractivity (Wildman–Crippen MR) is 110 cm³/mol. The Balaban J connectivity index is 0.00000225. The van der Waals surface area contributed by atoms with Gasteiger partial charge in [0.2, 0.25) is 0 Å². The first-order valence-electron chi connectivity index (χ1n) is 8.76. The molecule has 0 unspecified atom stereocenters. The van der Waals surface area contributed by atoms with Gasteiger partial charge in [-0.25, -0.2) is 8.78 Å². The summed E-state index contributed by atoms with van der Waals surface area (Å²) in [6, 6.07) is 17.3. The summed E-state index contributed by atoms with van der Waals surface area (Å²) in [7, 11) is 0. The summed E-state index contributed by atoms with van der Waals surface area (Å²) in [6.45, 7) is 1.29. The molecule has 3 nitrogen and oxygen atoms in total. The standard InChI is InChI=1S/C22H19F2N3.ClH/c23-19-7-3-1-5-17(19)21-9-15(13-26-21)11-25-12-16-10-22(27-14-16)18-6-2-4-8-20(18)24;/h1-10,13-14,25-27H,11-12H2;1H. The Morgan fingerprint density at radius 1 is 0.679 bits per heavy atom. The molecule has 3 N–H and O–H groups in total. The van der Waals surface area contributed by atoms with E-state index in [1.165, 1.54) is 12.1 Å². The fourth-order valence-corrected chi connectivity index (χ4v) is 3.10. The van der Waals surface area contributed by atoms with E-state index in [1.807, 2.05) is 36.7 Å². The van der Waals surface area contributed by atoms with Gasteiger partial charge in [0.15, 0.2) is 0 Å². The summed E-state index contributed by atoms with van der Waals surface area (Å²) in [5.74, 6) is -0.487. The van der Waals surface area contributed by atoms with E-state index in [0.29, 0.717) is 24.2 Å². The summed E-state index contributed by atoms with van der Waals surface area (Å²) in [4.78, 5) is 6.23. The lowest BCUT2D eigenvalue weighted by Crippen LogP contribution is -2.11. The van der Waals surface area contributed by atoms with E-state index in [2.05, 4.69) is 15.3 Å². The van der Waals surface area contributed by atoms with Crippen LogP contribution >= 0.6 is 12.4 Å². The maximum atomic E-state index is 13.9. The average Bonchev–Trinajstić information content (AvgIpc) is 3.33. The van der Waals surface area contributed by atoms with Gasteiger partial charge < -0.3 is 15.3 Å². The average molecular weight is 400 g/mol. The summed E-state index contributed by atoms with van der Waals surface area (Å²) in [6.07, 6.45) is 3.74. The molecule has 0 saturated carbocycles. The molecule has 0 aliphatic heterocycles. The van der Waals surface area contributed by atoms with E-state index in [4.69, 9.17) is 0 Å². The zero-order chi connectivity index (χ0) is 18.6. The van der Waals surface area contributed by atoms with Gasteiger partial charge in [-0.1, -0.05) is 24.3 Å². The van der Waals surface area contributed by atoms with Crippen LogP contribution in [0.15, 0.2) is 73.1 Å². The first-order chi connectivity index (χ1) is 13.2. The Labute approximate surface area is 168 Å². The van der Waals surface area contributed by atoms with Gasteiger partial charge in [-0.2, -0.15) is 0 Å². The third-order valence-corrected chi connectivity index (χ3v) is 4.47.